The maximum atomic E-state index is 11.9. The molecule has 0 aromatic heterocycles. The van der Waals surface area contributed by atoms with Gasteiger partial charge in [-0.15, -0.1) is 0 Å². The summed E-state index contributed by atoms with van der Waals surface area (Å²) in [5.74, 6) is -0.473. The van der Waals surface area contributed by atoms with Crippen LogP contribution in [-0.2, 0) is 9.53 Å². The lowest BCUT2D eigenvalue weighted by molar-refractivity contribution is -0.832. The van der Waals surface area contributed by atoms with Gasteiger partial charge in [0.25, 0.3) is 5.91 Å². The van der Waals surface area contributed by atoms with Crippen molar-refractivity contribution in [1.29, 1.82) is 0 Å². The second-order valence-corrected chi connectivity index (χ2v) is 5.08. The van der Waals surface area contributed by atoms with Gasteiger partial charge in [0.1, 0.15) is 12.3 Å². The topological polar surface area (TPSA) is 95.9 Å². The van der Waals surface area contributed by atoms with Crippen molar-refractivity contribution in [1.82, 2.24) is 5.32 Å². The lowest BCUT2D eigenvalue weighted by Gasteiger charge is -2.33. The zero-order chi connectivity index (χ0) is 13.6. The molecule has 7 heteroatoms. The van der Waals surface area contributed by atoms with Crippen LogP contribution in [0.4, 0.5) is 4.79 Å². The molecule has 0 aromatic carbocycles. The molecule has 0 saturated carbocycles. The van der Waals surface area contributed by atoms with Crippen LogP contribution in [0.2, 0.25) is 0 Å². The highest BCUT2D eigenvalue weighted by Gasteiger charge is 2.54. The summed E-state index contributed by atoms with van der Waals surface area (Å²) in [6, 6.07) is -0.512. The average Bonchev–Trinajstić information content (AvgIpc) is 2.60. The maximum absolute atomic E-state index is 11.9. The number of urea groups is 1. The number of hydrogen-bond acceptors (Lipinski definition) is 5. The minimum atomic E-state index is -1.20. The maximum Gasteiger partial charge on any atom is 0.430 e. The molecule has 2 aliphatic rings. The monoisotopic (exact) mass is 257 g/mol. The summed E-state index contributed by atoms with van der Waals surface area (Å²) in [5, 5.41) is 21.4. The van der Waals surface area contributed by atoms with Crippen LogP contribution < -0.4 is 5.32 Å². The van der Waals surface area contributed by atoms with Gasteiger partial charge >= 0.3 is 6.03 Å². The van der Waals surface area contributed by atoms with Gasteiger partial charge in [-0.05, 0) is 6.92 Å². The first-order valence-electron chi connectivity index (χ1n) is 5.69. The molecule has 4 atom stereocenters. The van der Waals surface area contributed by atoms with Gasteiger partial charge < -0.3 is 14.9 Å². The summed E-state index contributed by atoms with van der Waals surface area (Å²) in [5.41, 5.74) is -1.20. The summed E-state index contributed by atoms with van der Waals surface area (Å²) in [4.78, 5) is 22.9. The number of nitrogens with zero attached hydrogens (tertiary/aromatic N) is 1. The van der Waals surface area contributed by atoms with Crippen LogP contribution in [0.1, 0.15) is 13.3 Å². The smallest absolute Gasteiger partial charge is 0.394 e. The van der Waals surface area contributed by atoms with Gasteiger partial charge in [0, 0.05) is 0 Å². The number of carbonyl (C=O) groups excluding carboxylic acids is 2. The van der Waals surface area contributed by atoms with Crippen LogP contribution in [0.25, 0.3) is 0 Å². The van der Waals surface area contributed by atoms with Crippen molar-refractivity contribution in [3.05, 3.63) is 12.3 Å². The van der Waals surface area contributed by atoms with E-state index in [1.165, 1.54) is 12.3 Å². The molecular formula is C11H17N2O5+. The first-order valence-corrected chi connectivity index (χ1v) is 5.69. The first kappa shape index (κ1) is 13.2. The molecule has 4 unspecified atom stereocenters. The van der Waals surface area contributed by atoms with Crippen molar-refractivity contribution in [3.63, 3.8) is 0 Å². The van der Waals surface area contributed by atoms with E-state index in [9.17, 15) is 14.7 Å². The molecule has 3 N–H and O–H groups in total. The van der Waals surface area contributed by atoms with Gasteiger partial charge in [0.05, 0.1) is 31.8 Å². The van der Waals surface area contributed by atoms with Crippen LogP contribution in [0, 0.1) is 0 Å². The number of ether oxygens (including phenoxy) is 1. The Hall–Kier alpha value is -1.28. The van der Waals surface area contributed by atoms with E-state index in [0.29, 0.717) is 0 Å². The lowest BCUT2D eigenvalue weighted by Crippen LogP contribution is -2.60. The van der Waals surface area contributed by atoms with Crippen molar-refractivity contribution in [2.75, 3.05) is 13.7 Å². The van der Waals surface area contributed by atoms with E-state index in [1.54, 1.807) is 14.0 Å². The van der Waals surface area contributed by atoms with Crippen molar-refractivity contribution in [3.8, 4) is 0 Å². The Kier molecular flexibility index (Phi) is 3.02. The Morgan fingerprint density at radius 1 is 1.61 bits per heavy atom. The number of aliphatic hydroxyl groups excluding tert-OH is 1. The molecule has 0 bridgehead atoms. The molecule has 1 fully saturated rings. The predicted octanol–water partition coefficient (Wildman–Crippen LogP) is -0.945. The molecule has 0 aromatic rings. The van der Waals surface area contributed by atoms with Gasteiger partial charge in [-0.25, -0.2) is 10.1 Å². The number of rotatable bonds is 2. The van der Waals surface area contributed by atoms with E-state index >= 15 is 0 Å². The highest BCUT2D eigenvalue weighted by atomic mass is 16.6. The highest BCUT2D eigenvalue weighted by Crippen LogP contribution is 2.35. The summed E-state index contributed by atoms with van der Waals surface area (Å²) in [6.07, 6.45) is 1.51. The third-order valence-corrected chi connectivity index (χ3v) is 3.57. The van der Waals surface area contributed by atoms with E-state index in [4.69, 9.17) is 9.84 Å². The first-order chi connectivity index (χ1) is 8.29. The van der Waals surface area contributed by atoms with Gasteiger partial charge in [-0.1, -0.05) is 0 Å². The number of imide groups is 1. The van der Waals surface area contributed by atoms with Gasteiger partial charge in [0.15, 0.2) is 0 Å². The minimum absolute atomic E-state index is 0.195. The van der Waals surface area contributed by atoms with E-state index < -0.39 is 29.9 Å². The fourth-order valence-electron chi connectivity index (χ4n) is 2.21. The fourth-order valence-corrected chi connectivity index (χ4v) is 2.21. The quantitative estimate of drug-likeness (QED) is 0.555. The summed E-state index contributed by atoms with van der Waals surface area (Å²) < 4.78 is 5.24. The second kappa shape index (κ2) is 4.13. The Bertz CT molecular complexity index is 420. The zero-order valence-electron chi connectivity index (χ0n) is 10.3. The molecule has 7 nitrogen and oxygen atoms in total. The van der Waals surface area contributed by atoms with E-state index in [-0.39, 0.29) is 17.5 Å². The van der Waals surface area contributed by atoms with Crippen molar-refractivity contribution in [2.45, 2.75) is 31.3 Å². The summed E-state index contributed by atoms with van der Waals surface area (Å²) in [7, 11) is 1.58. The van der Waals surface area contributed by atoms with Crippen LogP contribution in [0.3, 0.4) is 0 Å². The van der Waals surface area contributed by atoms with Crippen molar-refractivity contribution in [2.24, 2.45) is 0 Å². The SMILES string of the molecule is CC1(O)CC([N+]2(C)C=CC(=O)NC2=O)OC1CO. The largest absolute Gasteiger partial charge is 0.430 e. The summed E-state index contributed by atoms with van der Waals surface area (Å²) in [6.45, 7) is 1.23. The fraction of sp³-hybridized carbons (Fsp3) is 0.636. The standard InChI is InChI=1S/C11H16N2O5/c1-11(17)5-9(18-7(11)6-14)13(2)4-3-8(15)12-10(13)16/h3-4,7,9,14,17H,5-6H2,1-2H3/p+1. The second-order valence-electron chi connectivity index (χ2n) is 5.08. The molecule has 2 rings (SSSR count). The molecule has 18 heavy (non-hydrogen) atoms. The number of carbonyl (C=O) groups is 2. The Labute approximate surface area is 104 Å². The predicted molar refractivity (Wildman–Crippen MR) is 59.9 cm³/mol. The van der Waals surface area contributed by atoms with E-state index in [2.05, 4.69) is 5.32 Å². The Morgan fingerprint density at radius 2 is 2.28 bits per heavy atom. The van der Waals surface area contributed by atoms with Crippen LogP contribution in [-0.4, -0.2) is 58.2 Å². The van der Waals surface area contributed by atoms with Crippen LogP contribution >= 0.6 is 0 Å². The molecule has 0 spiro atoms. The van der Waals surface area contributed by atoms with Gasteiger partial charge in [-0.3, -0.25) is 4.79 Å². The minimum Gasteiger partial charge on any atom is -0.394 e. The van der Waals surface area contributed by atoms with Crippen molar-refractivity contribution < 1.29 is 29.0 Å². The lowest BCUT2D eigenvalue weighted by atomic mass is 9.97. The molecular weight excluding hydrogens is 240 g/mol. The third kappa shape index (κ3) is 1.95. The number of nitrogens with one attached hydrogen (secondary N) is 1. The number of hydrogen-bond donors (Lipinski definition) is 3. The van der Waals surface area contributed by atoms with E-state index in [0.717, 1.165) is 0 Å². The number of aliphatic hydroxyl groups is 2. The molecule has 1 saturated heterocycles. The Balaban J connectivity index is 2.25. The van der Waals surface area contributed by atoms with Gasteiger partial charge in [-0.2, -0.15) is 4.48 Å². The highest BCUT2D eigenvalue weighted by molar-refractivity contribution is 6.00. The molecule has 2 heterocycles. The van der Waals surface area contributed by atoms with Gasteiger partial charge in [0.2, 0.25) is 6.23 Å². The molecule has 2 aliphatic heterocycles. The normalized spacial score (nSPS) is 44.2. The molecule has 0 radical (unpaired) electrons. The average molecular weight is 257 g/mol. The van der Waals surface area contributed by atoms with Crippen LogP contribution in [0.15, 0.2) is 12.3 Å². The van der Waals surface area contributed by atoms with E-state index in [1.807, 2.05) is 0 Å². The van der Waals surface area contributed by atoms with Crippen LogP contribution in [0.5, 0.6) is 0 Å². The third-order valence-electron chi connectivity index (χ3n) is 3.57. The zero-order valence-corrected chi connectivity index (χ0v) is 10.3. The van der Waals surface area contributed by atoms with Crippen molar-refractivity contribution >= 4 is 11.9 Å². The molecule has 3 amide bonds. The summed E-state index contributed by atoms with van der Waals surface area (Å²) >= 11 is 0. The molecule has 0 aliphatic carbocycles. The molecule has 100 valence electrons. The Morgan fingerprint density at radius 3 is 2.78 bits per heavy atom. The number of amides is 3. The number of quaternary nitrogens is 1.